The topological polar surface area (TPSA) is 65.2 Å². The van der Waals surface area contributed by atoms with E-state index in [1.807, 2.05) is 46.2 Å². The number of hydrogen-bond donors (Lipinski definition) is 0. The molecular weight excluding hydrogens is 314 g/mol. The highest BCUT2D eigenvalue weighted by molar-refractivity contribution is 5.87. The van der Waals surface area contributed by atoms with E-state index < -0.39 is 0 Å². The lowest BCUT2D eigenvalue weighted by Crippen LogP contribution is -2.01. The molecule has 1 aromatic carbocycles. The van der Waals surface area contributed by atoms with Crippen molar-refractivity contribution in [1.82, 2.24) is 24.6 Å². The standard InChI is InChI=1S/C19H19N5O/c1-10-6-14-17(15(7-10)25-5)21-13(4)18-22-23-19(24(14)18)16-11(2)8-20-9-12(16)3/h6-9H,1-5H3. The first kappa shape index (κ1) is 15.5. The minimum atomic E-state index is 0.753. The number of aryl methyl sites for hydroxylation is 4. The van der Waals surface area contributed by atoms with Gasteiger partial charge in [0.1, 0.15) is 11.3 Å². The van der Waals surface area contributed by atoms with E-state index in [-0.39, 0.29) is 0 Å². The van der Waals surface area contributed by atoms with Gasteiger partial charge in [0.15, 0.2) is 11.5 Å². The Morgan fingerprint density at radius 2 is 1.68 bits per heavy atom. The van der Waals surface area contributed by atoms with Crippen molar-refractivity contribution in [2.45, 2.75) is 27.7 Å². The summed E-state index contributed by atoms with van der Waals surface area (Å²) >= 11 is 0. The Labute approximate surface area is 145 Å². The van der Waals surface area contributed by atoms with E-state index in [0.29, 0.717) is 0 Å². The molecule has 0 spiro atoms. The molecule has 6 heteroatoms. The SMILES string of the molecule is COc1cc(C)cc2c1nc(C)c1nnc(-c3c(C)cncc3C)n12. The number of nitrogens with zero attached hydrogens (tertiary/aromatic N) is 5. The van der Waals surface area contributed by atoms with Crippen LogP contribution in [0.1, 0.15) is 22.4 Å². The molecule has 0 unspecified atom stereocenters. The van der Waals surface area contributed by atoms with E-state index in [4.69, 9.17) is 9.72 Å². The predicted octanol–water partition coefficient (Wildman–Crippen LogP) is 3.58. The summed E-state index contributed by atoms with van der Waals surface area (Å²) in [6.07, 6.45) is 3.71. The first-order chi connectivity index (χ1) is 12.0. The van der Waals surface area contributed by atoms with Crippen molar-refractivity contribution >= 4 is 16.7 Å². The fourth-order valence-electron chi connectivity index (χ4n) is 3.35. The smallest absolute Gasteiger partial charge is 0.183 e. The molecule has 0 saturated carbocycles. The molecule has 4 aromatic rings. The van der Waals surface area contributed by atoms with Crippen LogP contribution in [0, 0.1) is 27.7 Å². The summed E-state index contributed by atoms with van der Waals surface area (Å²) in [6.45, 7) is 8.07. The fourth-order valence-corrected chi connectivity index (χ4v) is 3.35. The normalized spacial score (nSPS) is 11.4. The highest BCUT2D eigenvalue weighted by Crippen LogP contribution is 2.32. The van der Waals surface area contributed by atoms with Crippen LogP contribution >= 0.6 is 0 Å². The van der Waals surface area contributed by atoms with Crippen LogP contribution in [0.2, 0.25) is 0 Å². The first-order valence-corrected chi connectivity index (χ1v) is 8.13. The Kier molecular flexibility index (Phi) is 3.42. The van der Waals surface area contributed by atoms with Crippen LogP contribution in [0.3, 0.4) is 0 Å². The van der Waals surface area contributed by atoms with Gasteiger partial charge in [-0.2, -0.15) is 0 Å². The number of rotatable bonds is 2. The molecule has 0 aliphatic heterocycles. The fraction of sp³-hybridized carbons (Fsp3) is 0.263. The van der Waals surface area contributed by atoms with Gasteiger partial charge in [0, 0.05) is 18.0 Å². The van der Waals surface area contributed by atoms with Gasteiger partial charge in [-0.1, -0.05) is 0 Å². The summed E-state index contributed by atoms with van der Waals surface area (Å²) in [7, 11) is 1.67. The monoisotopic (exact) mass is 333 g/mol. The number of fused-ring (bicyclic) bond motifs is 3. The average Bonchev–Trinajstić information content (AvgIpc) is 3.01. The molecule has 0 amide bonds. The highest BCUT2D eigenvalue weighted by Gasteiger charge is 2.19. The molecule has 6 nitrogen and oxygen atoms in total. The minimum Gasteiger partial charge on any atom is -0.494 e. The van der Waals surface area contributed by atoms with Crippen LogP contribution in [-0.4, -0.2) is 31.7 Å². The Morgan fingerprint density at radius 1 is 0.960 bits per heavy atom. The van der Waals surface area contributed by atoms with Crippen molar-refractivity contribution in [3.05, 3.63) is 46.9 Å². The Bertz CT molecular complexity index is 1110. The van der Waals surface area contributed by atoms with E-state index in [1.54, 1.807) is 7.11 Å². The summed E-state index contributed by atoms with van der Waals surface area (Å²) in [6, 6.07) is 4.09. The van der Waals surface area contributed by atoms with Crippen LogP contribution in [0.4, 0.5) is 0 Å². The maximum atomic E-state index is 5.56. The zero-order valence-corrected chi connectivity index (χ0v) is 15.0. The third-order valence-corrected chi connectivity index (χ3v) is 4.47. The summed E-state index contributed by atoms with van der Waals surface area (Å²) in [5.74, 6) is 1.55. The second-order valence-electron chi connectivity index (χ2n) is 6.36. The molecule has 0 bridgehead atoms. The van der Waals surface area contributed by atoms with Crippen LogP contribution in [-0.2, 0) is 0 Å². The van der Waals surface area contributed by atoms with E-state index in [1.165, 1.54) is 0 Å². The lowest BCUT2D eigenvalue weighted by Gasteiger charge is -2.12. The molecule has 0 fully saturated rings. The Morgan fingerprint density at radius 3 is 2.36 bits per heavy atom. The van der Waals surface area contributed by atoms with Gasteiger partial charge in [0.2, 0.25) is 0 Å². The summed E-state index contributed by atoms with van der Waals surface area (Å²) in [4.78, 5) is 8.97. The van der Waals surface area contributed by atoms with Crippen LogP contribution < -0.4 is 4.74 Å². The minimum absolute atomic E-state index is 0.753. The summed E-state index contributed by atoms with van der Waals surface area (Å²) in [5, 5.41) is 8.89. The van der Waals surface area contributed by atoms with Crippen molar-refractivity contribution in [3.8, 4) is 17.1 Å². The quantitative estimate of drug-likeness (QED) is 0.561. The van der Waals surface area contributed by atoms with Crippen LogP contribution in [0.5, 0.6) is 5.75 Å². The van der Waals surface area contributed by atoms with Gasteiger partial charge in [0.05, 0.1) is 18.3 Å². The molecular formula is C19H19N5O. The molecule has 126 valence electrons. The lowest BCUT2D eigenvalue weighted by molar-refractivity contribution is 0.418. The lowest BCUT2D eigenvalue weighted by atomic mass is 10.1. The third kappa shape index (κ3) is 2.25. The molecule has 0 atom stereocenters. The molecule has 3 heterocycles. The number of benzene rings is 1. The van der Waals surface area contributed by atoms with Crippen molar-refractivity contribution < 1.29 is 4.74 Å². The molecule has 0 N–H and O–H groups in total. The van der Waals surface area contributed by atoms with Gasteiger partial charge in [-0.05, 0) is 56.5 Å². The largest absolute Gasteiger partial charge is 0.494 e. The molecule has 0 radical (unpaired) electrons. The molecule has 0 aliphatic rings. The van der Waals surface area contributed by atoms with Crippen molar-refractivity contribution in [3.63, 3.8) is 0 Å². The Balaban J connectivity index is 2.22. The van der Waals surface area contributed by atoms with Crippen molar-refractivity contribution in [2.75, 3.05) is 7.11 Å². The van der Waals surface area contributed by atoms with Gasteiger partial charge >= 0.3 is 0 Å². The maximum Gasteiger partial charge on any atom is 0.183 e. The molecule has 0 saturated heterocycles. The Hall–Kier alpha value is -3.02. The zero-order chi connectivity index (χ0) is 17.7. The first-order valence-electron chi connectivity index (χ1n) is 8.13. The highest BCUT2D eigenvalue weighted by atomic mass is 16.5. The number of ether oxygens (including phenoxy) is 1. The van der Waals surface area contributed by atoms with Gasteiger partial charge < -0.3 is 4.74 Å². The second kappa shape index (κ2) is 5.51. The van der Waals surface area contributed by atoms with Gasteiger partial charge in [-0.3, -0.25) is 9.38 Å². The third-order valence-electron chi connectivity index (χ3n) is 4.47. The van der Waals surface area contributed by atoms with Crippen LogP contribution in [0.15, 0.2) is 24.5 Å². The van der Waals surface area contributed by atoms with Crippen molar-refractivity contribution in [2.24, 2.45) is 0 Å². The van der Waals surface area contributed by atoms with Gasteiger partial charge in [0.25, 0.3) is 0 Å². The molecule has 3 aromatic heterocycles. The maximum absolute atomic E-state index is 5.56. The predicted molar refractivity (Wildman–Crippen MR) is 97.0 cm³/mol. The summed E-state index contributed by atoms with van der Waals surface area (Å²) < 4.78 is 7.63. The number of methoxy groups -OCH3 is 1. The molecule has 0 aliphatic carbocycles. The van der Waals surface area contributed by atoms with Gasteiger partial charge in [-0.15, -0.1) is 10.2 Å². The number of pyridine rings is 1. The van der Waals surface area contributed by atoms with Crippen molar-refractivity contribution in [1.29, 1.82) is 0 Å². The van der Waals surface area contributed by atoms with E-state index in [2.05, 4.69) is 25.6 Å². The number of hydrogen-bond acceptors (Lipinski definition) is 5. The van der Waals surface area contributed by atoms with E-state index in [0.717, 1.165) is 56.2 Å². The second-order valence-corrected chi connectivity index (χ2v) is 6.36. The van der Waals surface area contributed by atoms with Crippen LogP contribution in [0.25, 0.3) is 28.1 Å². The zero-order valence-electron chi connectivity index (χ0n) is 15.0. The van der Waals surface area contributed by atoms with E-state index in [9.17, 15) is 0 Å². The molecule has 25 heavy (non-hydrogen) atoms. The molecule has 4 rings (SSSR count). The summed E-state index contributed by atoms with van der Waals surface area (Å²) in [5.41, 5.74) is 7.60. The average molecular weight is 333 g/mol. The van der Waals surface area contributed by atoms with Gasteiger partial charge in [-0.25, -0.2) is 4.98 Å². The number of aromatic nitrogens is 5. The van der Waals surface area contributed by atoms with E-state index >= 15 is 0 Å².